The summed E-state index contributed by atoms with van der Waals surface area (Å²) in [4.78, 5) is 14.4. The monoisotopic (exact) mass is 805 g/mol. The third-order valence-electron chi connectivity index (χ3n) is 10.1. The van der Waals surface area contributed by atoms with Gasteiger partial charge in [0, 0.05) is 6.61 Å². The zero-order valence-corrected chi connectivity index (χ0v) is 33.6. The molecule has 3 heterocycles. The van der Waals surface area contributed by atoms with Gasteiger partial charge in [0.05, 0.1) is 32.1 Å². The van der Waals surface area contributed by atoms with Gasteiger partial charge in [0.15, 0.2) is 5.82 Å². The van der Waals surface area contributed by atoms with Crippen LogP contribution in [0.3, 0.4) is 0 Å². The first-order valence-corrected chi connectivity index (χ1v) is 21.7. The predicted molar refractivity (Wildman–Crippen MR) is 209 cm³/mol. The van der Waals surface area contributed by atoms with Gasteiger partial charge in [-0.1, -0.05) is 115 Å². The zero-order chi connectivity index (χ0) is 40.2. The number of fused-ring (bicyclic) bond motifs is 1. The van der Waals surface area contributed by atoms with E-state index in [4.69, 9.17) is 29.0 Å². The summed E-state index contributed by atoms with van der Waals surface area (Å²) >= 11 is 0. The number of ether oxygens (including phenoxy) is 3. The predicted octanol–water partition coefficient (Wildman–Crippen LogP) is 7.29. The topological polar surface area (TPSA) is 204 Å². The molecule has 1 fully saturated rings. The van der Waals surface area contributed by atoms with Gasteiger partial charge in [-0.05, 0) is 36.2 Å². The highest BCUT2D eigenvalue weighted by molar-refractivity contribution is 7.47. The number of nitriles is 1. The van der Waals surface area contributed by atoms with E-state index in [0.29, 0.717) is 17.7 Å². The van der Waals surface area contributed by atoms with E-state index in [-0.39, 0.29) is 24.7 Å². The maximum atomic E-state index is 13.8. The van der Waals surface area contributed by atoms with Crippen LogP contribution in [0.25, 0.3) is 5.52 Å². The molecule has 3 aromatic rings. The van der Waals surface area contributed by atoms with Gasteiger partial charge in [-0.25, -0.2) is 18.5 Å². The van der Waals surface area contributed by atoms with Gasteiger partial charge >= 0.3 is 7.82 Å². The normalized spacial score (nSPS) is 21.3. The first-order valence-electron chi connectivity index (χ1n) is 20.2. The standard InChI is InChI=1S/C40H61FN5O9P/c1-2-3-4-5-6-7-8-9-10-11-12-13-14-15-16-17-23-51-26-33(52-25-31-19-18-20-32(41)24-31)27-53-56(49,50)54-28-35-37(47)38(48)40(29-42,55-35)36-22-21-34-39(43)44-30-45-46(34)36/h18-22,24,30,33,35,37-38,47-48H,2-17,23,25-28H2,1H3,(H,49,50)(H2,43,44,45)/t33-,35-,37-,38-,40+/m1/s1. The molecule has 1 saturated heterocycles. The number of nitrogens with two attached hydrogens (primary N) is 1. The van der Waals surface area contributed by atoms with Gasteiger partial charge in [-0.3, -0.25) is 9.05 Å². The quantitative estimate of drug-likeness (QED) is 0.0403. The van der Waals surface area contributed by atoms with Crippen molar-refractivity contribution in [2.75, 3.05) is 32.2 Å². The van der Waals surface area contributed by atoms with Crippen molar-refractivity contribution in [1.82, 2.24) is 14.6 Å². The van der Waals surface area contributed by atoms with Gasteiger partial charge in [0.25, 0.3) is 0 Å². The van der Waals surface area contributed by atoms with E-state index in [0.717, 1.165) is 25.6 Å². The molecule has 16 heteroatoms. The molecule has 2 aromatic heterocycles. The molecule has 0 aliphatic carbocycles. The van der Waals surface area contributed by atoms with Gasteiger partial charge in [-0.2, -0.15) is 10.4 Å². The number of rotatable bonds is 29. The molecule has 5 N–H and O–H groups in total. The summed E-state index contributed by atoms with van der Waals surface area (Å²) in [7, 11) is -4.78. The van der Waals surface area contributed by atoms with Crippen molar-refractivity contribution in [2.45, 2.75) is 146 Å². The summed E-state index contributed by atoms with van der Waals surface area (Å²) in [6.45, 7) is 1.67. The molecule has 1 aliphatic heterocycles. The van der Waals surface area contributed by atoms with Crippen LogP contribution in [0.1, 0.15) is 121 Å². The lowest BCUT2D eigenvalue weighted by Crippen LogP contribution is -2.41. The highest BCUT2D eigenvalue weighted by Gasteiger charge is 2.58. The number of nitrogen functional groups attached to an aromatic ring is 1. The van der Waals surface area contributed by atoms with Crippen LogP contribution in [0, 0.1) is 17.1 Å². The first-order chi connectivity index (χ1) is 27.1. The molecule has 4 rings (SSSR count). The highest BCUT2D eigenvalue weighted by Crippen LogP contribution is 2.46. The van der Waals surface area contributed by atoms with Crippen molar-refractivity contribution in [3.63, 3.8) is 0 Å². The third kappa shape index (κ3) is 14.1. The molecule has 0 radical (unpaired) electrons. The zero-order valence-electron chi connectivity index (χ0n) is 32.7. The van der Waals surface area contributed by atoms with Crippen LogP contribution in [-0.4, -0.2) is 80.5 Å². The van der Waals surface area contributed by atoms with E-state index in [1.54, 1.807) is 12.1 Å². The van der Waals surface area contributed by atoms with Crippen LogP contribution in [-0.2, 0) is 40.0 Å². The van der Waals surface area contributed by atoms with Crippen LogP contribution in [0.4, 0.5) is 10.2 Å². The number of aliphatic hydroxyl groups is 2. The number of hydrogen-bond donors (Lipinski definition) is 4. The van der Waals surface area contributed by atoms with E-state index in [1.807, 2.05) is 6.07 Å². The SMILES string of the molecule is CCCCCCCCCCCCCCCCCCOC[C@H](COP(=O)(O)OC[C@H]1O[C@@](C#N)(c2ccc3c(N)ncnn23)[C@H](O)[C@@H]1O)OCc1cccc(F)c1. The lowest BCUT2D eigenvalue weighted by molar-refractivity contribution is -0.0690. The average Bonchev–Trinajstić information content (AvgIpc) is 3.73. The lowest BCUT2D eigenvalue weighted by atomic mass is 9.92. The Kier molecular flexibility index (Phi) is 19.6. The van der Waals surface area contributed by atoms with E-state index in [1.165, 1.54) is 112 Å². The number of phosphoric acid groups is 1. The molecule has 0 bridgehead atoms. The minimum absolute atomic E-state index is 0.00596. The van der Waals surface area contributed by atoms with E-state index in [2.05, 4.69) is 17.0 Å². The van der Waals surface area contributed by atoms with Crippen molar-refractivity contribution >= 4 is 19.2 Å². The largest absolute Gasteiger partial charge is 0.472 e. The Balaban J connectivity index is 1.17. The first kappa shape index (κ1) is 45.7. The minimum atomic E-state index is -4.78. The summed E-state index contributed by atoms with van der Waals surface area (Å²) in [5.41, 5.74) is 4.77. The molecule has 0 spiro atoms. The molecule has 312 valence electrons. The van der Waals surface area contributed by atoms with E-state index >= 15 is 0 Å². The van der Waals surface area contributed by atoms with Crippen molar-refractivity contribution in [3.05, 3.63) is 59.8 Å². The Morgan fingerprint density at radius 2 is 1.61 bits per heavy atom. The van der Waals surface area contributed by atoms with Gasteiger partial charge in [0.1, 0.15) is 48.1 Å². The van der Waals surface area contributed by atoms with Crippen LogP contribution in [0.2, 0.25) is 0 Å². The summed E-state index contributed by atoms with van der Waals surface area (Å²) < 4.78 is 55.9. The maximum absolute atomic E-state index is 13.8. The number of anilines is 1. The molecule has 1 aliphatic rings. The number of unbranched alkanes of at least 4 members (excludes halogenated alkanes) is 15. The van der Waals surface area contributed by atoms with Crippen molar-refractivity contribution in [2.24, 2.45) is 0 Å². The summed E-state index contributed by atoms with van der Waals surface area (Å²) in [6, 6.07) is 10.8. The minimum Gasteiger partial charge on any atom is -0.387 e. The number of aliphatic hydroxyl groups excluding tert-OH is 2. The van der Waals surface area contributed by atoms with Crippen LogP contribution >= 0.6 is 7.82 Å². The van der Waals surface area contributed by atoms with Gasteiger partial charge < -0.3 is 35.1 Å². The smallest absolute Gasteiger partial charge is 0.387 e. The van der Waals surface area contributed by atoms with Crippen molar-refractivity contribution in [3.8, 4) is 6.07 Å². The summed E-state index contributed by atoms with van der Waals surface area (Å²) in [5.74, 6) is -0.300. The lowest BCUT2D eigenvalue weighted by Gasteiger charge is -2.24. The molecule has 14 nitrogen and oxygen atoms in total. The fraction of sp³-hybridized carbons (Fsp3) is 0.675. The number of aromatic nitrogens is 3. The van der Waals surface area contributed by atoms with Crippen LogP contribution < -0.4 is 5.73 Å². The molecule has 0 amide bonds. The number of halogens is 1. The maximum Gasteiger partial charge on any atom is 0.472 e. The fourth-order valence-corrected chi connectivity index (χ4v) is 7.65. The molecule has 56 heavy (non-hydrogen) atoms. The Morgan fingerprint density at radius 1 is 0.964 bits per heavy atom. The van der Waals surface area contributed by atoms with Gasteiger partial charge in [-0.15, -0.1) is 0 Å². The molecular formula is C40H61FN5O9P. The van der Waals surface area contributed by atoms with Crippen LogP contribution in [0.5, 0.6) is 0 Å². The highest BCUT2D eigenvalue weighted by atomic mass is 31.2. The number of benzene rings is 1. The molecule has 6 atom stereocenters. The Hall–Kier alpha value is -3.03. The molecule has 1 aromatic carbocycles. The number of phosphoric ester groups is 1. The molecule has 1 unspecified atom stereocenters. The third-order valence-corrected chi connectivity index (χ3v) is 11.1. The second-order valence-corrected chi connectivity index (χ2v) is 16.1. The summed E-state index contributed by atoms with van der Waals surface area (Å²) in [5, 5.41) is 35.9. The Bertz CT molecular complexity index is 1680. The van der Waals surface area contributed by atoms with Crippen molar-refractivity contribution < 1.29 is 47.3 Å². The van der Waals surface area contributed by atoms with E-state index in [9.17, 15) is 29.3 Å². The summed E-state index contributed by atoms with van der Waals surface area (Å²) in [6.07, 6.45) is 15.8. The Morgan fingerprint density at radius 3 is 2.23 bits per heavy atom. The van der Waals surface area contributed by atoms with Gasteiger partial charge in [0.2, 0.25) is 5.60 Å². The fourth-order valence-electron chi connectivity index (χ4n) is 6.88. The van der Waals surface area contributed by atoms with Crippen molar-refractivity contribution in [1.29, 1.82) is 5.26 Å². The Labute approximate surface area is 330 Å². The van der Waals surface area contributed by atoms with E-state index < -0.39 is 56.9 Å². The molecular weight excluding hydrogens is 744 g/mol. The number of hydrogen-bond acceptors (Lipinski definition) is 12. The van der Waals surface area contributed by atoms with Crippen LogP contribution in [0.15, 0.2) is 42.7 Å². The molecule has 0 saturated carbocycles. The second kappa shape index (κ2) is 24.0. The second-order valence-electron chi connectivity index (χ2n) is 14.6. The number of nitrogens with zero attached hydrogens (tertiary/aromatic N) is 4. The average molecular weight is 806 g/mol.